The Labute approximate surface area is 180 Å². The van der Waals surface area contributed by atoms with Crippen LogP contribution < -0.4 is 5.73 Å². The number of ether oxygens (including phenoxy) is 1. The highest BCUT2D eigenvalue weighted by atomic mass is 35.5. The summed E-state index contributed by atoms with van der Waals surface area (Å²) in [4.78, 5) is 12.4. The minimum absolute atomic E-state index is 0.229. The molecule has 0 amide bonds. The topological polar surface area (TPSA) is 80.3 Å². The van der Waals surface area contributed by atoms with Gasteiger partial charge >= 0.3 is 5.97 Å². The van der Waals surface area contributed by atoms with E-state index < -0.39 is 0 Å². The van der Waals surface area contributed by atoms with E-state index in [0.717, 1.165) is 11.1 Å². The first-order chi connectivity index (χ1) is 14.5. The molecule has 0 fully saturated rings. The van der Waals surface area contributed by atoms with Crippen LogP contribution in [0.25, 0.3) is 11.1 Å². The molecule has 2 aromatic carbocycles. The Morgan fingerprint density at radius 3 is 2.73 bits per heavy atom. The summed E-state index contributed by atoms with van der Waals surface area (Å²) in [5.41, 5.74) is 8.57. The van der Waals surface area contributed by atoms with Crippen LogP contribution in [0.5, 0.6) is 0 Å². The molecule has 1 aliphatic heterocycles. The maximum atomic E-state index is 14.1. The van der Waals surface area contributed by atoms with Gasteiger partial charge in [0.05, 0.1) is 32.2 Å². The van der Waals surface area contributed by atoms with Crippen LogP contribution in [0.1, 0.15) is 18.9 Å². The molecule has 0 aliphatic carbocycles. The fourth-order valence-corrected chi connectivity index (χ4v) is 3.69. The van der Waals surface area contributed by atoms with E-state index in [1.807, 2.05) is 24.3 Å². The highest BCUT2D eigenvalue weighted by Crippen LogP contribution is 2.26. The van der Waals surface area contributed by atoms with Gasteiger partial charge in [-0.3, -0.25) is 9.80 Å². The molecule has 6 nitrogen and oxygen atoms in total. The van der Waals surface area contributed by atoms with Gasteiger partial charge in [-0.15, -0.1) is 0 Å². The number of carbonyl (C=O) groups is 1. The molecule has 0 saturated heterocycles. The summed E-state index contributed by atoms with van der Waals surface area (Å²) in [6.45, 7) is 3.90. The lowest BCUT2D eigenvalue weighted by atomic mass is 9.94. The summed E-state index contributed by atoms with van der Waals surface area (Å²) in [5, 5.41) is 10.2. The van der Waals surface area contributed by atoms with Crippen molar-refractivity contribution in [2.45, 2.75) is 25.8 Å². The Morgan fingerprint density at radius 2 is 2.07 bits per heavy atom. The molecular weight excluding hydrogens is 407 g/mol. The number of halogens is 2. The van der Waals surface area contributed by atoms with E-state index in [2.05, 4.69) is 10.3 Å². The predicted octanol–water partition coefficient (Wildman–Crippen LogP) is 4.27. The van der Waals surface area contributed by atoms with Gasteiger partial charge < -0.3 is 10.5 Å². The third-order valence-electron chi connectivity index (χ3n) is 4.98. The van der Waals surface area contributed by atoms with Crippen LogP contribution in [-0.4, -0.2) is 43.3 Å². The second-order valence-electron chi connectivity index (χ2n) is 7.34. The average Bonchev–Trinajstić information content (AvgIpc) is 3.23. The van der Waals surface area contributed by atoms with Gasteiger partial charge in [-0.2, -0.15) is 5.11 Å². The van der Waals surface area contributed by atoms with Gasteiger partial charge in [0.2, 0.25) is 0 Å². The van der Waals surface area contributed by atoms with Crippen molar-refractivity contribution in [3.63, 3.8) is 0 Å². The van der Waals surface area contributed by atoms with Gasteiger partial charge in [0, 0.05) is 16.6 Å². The normalized spacial score (nSPS) is 15.3. The van der Waals surface area contributed by atoms with Gasteiger partial charge in [-0.1, -0.05) is 41.1 Å². The summed E-state index contributed by atoms with van der Waals surface area (Å²) < 4.78 is 19.3. The molecule has 30 heavy (non-hydrogen) atoms. The van der Waals surface area contributed by atoms with Crippen LogP contribution in [0.15, 0.2) is 52.8 Å². The fourth-order valence-electron chi connectivity index (χ4n) is 3.52. The van der Waals surface area contributed by atoms with Gasteiger partial charge in [-0.25, -0.2) is 4.39 Å². The number of carbonyl (C=O) groups excluding carboxylic acids is 1. The summed E-state index contributed by atoms with van der Waals surface area (Å²) in [6, 6.07) is 11.8. The number of nitrogens with two attached hydrogens (primary N) is 1. The van der Waals surface area contributed by atoms with E-state index in [9.17, 15) is 9.18 Å². The lowest BCUT2D eigenvalue weighted by Crippen LogP contribution is -2.36. The van der Waals surface area contributed by atoms with Crippen molar-refractivity contribution < 1.29 is 13.9 Å². The largest absolute Gasteiger partial charge is 0.466 e. The lowest BCUT2D eigenvalue weighted by molar-refractivity contribution is -0.149. The maximum absolute atomic E-state index is 14.1. The molecule has 8 heteroatoms. The van der Waals surface area contributed by atoms with Gasteiger partial charge in [-0.05, 0) is 49.1 Å². The third kappa shape index (κ3) is 6.00. The lowest BCUT2D eigenvalue weighted by Gasteiger charge is -2.23. The number of nitrogens with zero attached hydrogens (tertiary/aromatic N) is 3. The van der Waals surface area contributed by atoms with Gasteiger partial charge in [0.1, 0.15) is 5.82 Å². The summed E-state index contributed by atoms with van der Waals surface area (Å²) in [7, 11) is 0. The molecule has 2 atom stereocenters. The molecular formula is C22H26ClFN4O2. The molecule has 2 aromatic rings. The van der Waals surface area contributed by atoms with Crippen LogP contribution in [-0.2, 0) is 16.0 Å². The van der Waals surface area contributed by atoms with Crippen molar-refractivity contribution in [1.29, 1.82) is 0 Å². The van der Waals surface area contributed by atoms with E-state index in [-0.39, 0.29) is 23.7 Å². The van der Waals surface area contributed by atoms with Gasteiger partial charge in [0.25, 0.3) is 0 Å². The van der Waals surface area contributed by atoms with Crippen molar-refractivity contribution >= 4 is 17.6 Å². The molecule has 2 unspecified atom stereocenters. The van der Waals surface area contributed by atoms with Crippen molar-refractivity contribution in [1.82, 2.24) is 5.01 Å². The average molecular weight is 433 g/mol. The summed E-state index contributed by atoms with van der Waals surface area (Å²) >= 11 is 5.99. The van der Waals surface area contributed by atoms with Gasteiger partial charge in [0.15, 0.2) is 0 Å². The summed E-state index contributed by atoms with van der Waals surface area (Å²) in [6.07, 6.45) is 1.07. The molecule has 0 radical (unpaired) electrons. The smallest absolute Gasteiger partial charge is 0.310 e. The monoisotopic (exact) mass is 432 g/mol. The number of esters is 1. The first kappa shape index (κ1) is 22.2. The van der Waals surface area contributed by atoms with E-state index >= 15 is 0 Å². The molecule has 1 aliphatic rings. The summed E-state index contributed by atoms with van der Waals surface area (Å²) in [5.74, 6) is -0.946. The highest BCUT2D eigenvalue weighted by molar-refractivity contribution is 6.30. The molecule has 0 aromatic heterocycles. The van der Waals surface area contributed by atoms with E-state index in [1.165, 1.54) is 12.1 Å². The zero-order valence-corrected chi connectivity index (χ0v) is 17.7. The Kier molecular flexibility index (Phi) is 7.76. The molecule has 3 rings (SSSR count). The van der Waals surface area contributed by atoms with Crippen molar-refractivity contribution in [2.75, 3.05) is 26.2 Å². The zero-order chi connectivity index (χ0) is 21.5. The molecule has 0 bridgehead atoms. The number of hydrogen-bond donors (Lipinski definition) is 1. The van der Waals surface area contributed by atoms with E-state index in [0.29, 0.717) is 49.7 Å². The molecule has 160 valence electrons. The molecule has 0 saturated carbocycles. The molecule has 0 spiro atoms. The van der Waals surface area contributed by atoms with Crippen LogP contribution in [0.3, 0.4) is 0 Å². The van der Waals surface area contributed by atoms with E-state index in [4.69, 9.17) is 22.1 Å². The van der Waals surface area contributed by atoms with Crippen LogP contribution in [0.4, 0.5) is 4.39 Å². The third-order valence-corrected chi connectivity index (χ3v) is 5.21. The second kappa shape index (κ2) is 10.5. The highest BCUT2D eigenvalue weighted by Gasteiger charge is 2.26. The van der Waals surface area contributed by atoms with Crippen molar-refractivity contribution in [3.8, 4) is 11.1 Å². The zero-order valence-electron chi connectivity index (χ0n) is 16.9. The Hall–Kier alpha value is -2.51. The van der Waals surface area contributed by atoms with Crippen LogP contribution in [0.2, 0.25) is 5.02 Å². The van der Waals surface area contributed by atoms with Crippen LogP contribution >= 0.6 is 11.6 Å². The first-order valence-electron chi connectivity index (χ1n) is 10.0. The molecule has 2 N–H and O–H groups in total. The SMILES string of the molecule is CCOC(=O)C(CC(N)Cc1ccc(-c2cc(Cl)ccc2F)cc1)CN1CCN=N1. The predicted molar refractivity (Wildman–Crippen MR) is 115 cm³/mol. The second-order valence-corrected chi connectivity index (χ2v) is 7.77. The first-order valence-corrected chi connectivity index (χ1v) is 10.4. The Balaban J connectivity index is 1.63. The Bertz CT molecular complexity index is 891. The maximum Gasteiger partial charge on any atom is 0.310 e. The van der Waals surface area contributed by atoms with Crippen LogP contribution in [0, 0.1) is 11.7 Å². The van der Waals surface area contributed by atoms with Crippen molar-refractivity contribution in [3.05, 3.63) is 58.9 Å². The minimum atomic E-state index is -0.364. The number of rotatable bonds is 9. The minimum Gasteiger partial charge on any atom is -0.466 e. The number of hydrogen-bond acceptors (Lipinski definition) is 6. The number of benzene rings is 2. The van der Waals surface area contributed by atoms with Crippen molar-refractivity contribution in [2.24, 2.45) is 22.0 Å². The molecule has 1 heterocycles. The Morgan fingerprint density at radius 1 is 1.30 bits per heavy atom. The van der Waals surface area contributed by atoms with E-state index in [1.54, 1.807) is 18.0 Å². The standard InChI is InChI=1S/C22H26ClFN4O2/c1-2-30-22(29)17(14-28-10-9-26-27-28)12-19(25)11-15-3-5-16(6-4-15)20-13-18(23)7-8-21(20)24/h3-8,13,17,19H,2,9-12,14,25H2,1H3. The fraction of sp³-hybridized carbons (Fsp3) is 0.409. The quantitative estimate of drug-likeness (QED) is 0.600.